The summed E-state index contributed by atoms with van der Waals surface area (Å²) in [5.41, 5.74) is 2.20. The van der Waals surface area contributed by atoms with E-state index in [-0.39, 0.29) is 0 Å². The number of thiazole rings is 1. The number of hydrogen-bond acceptors (Lipinski definition) is 6. The summed E-state index contributed by atoms with van der Waals surface area (Å²) in [4.78, 5) is 14.6. The highest BCUT2D eigenvalue weighted by Gasteiger charge is 2.14. The van der Waals surface area contributed by atoms with Crippen LogP contribution in [0, 0.1) is 0 Å². The third kappa shape index (κ3) is 4.21. The van der Waals surface area contributed by atoms with E-state index in [9.17, 15) is 0 Å². The summed E-state index contributed by atoms with van der Waals surface area (Å²) in [6.45, 7) is 1.14. The number of nitrogens with zero attached hydrogens (tertiary/aromatic N) is 3. The topological polar surface area (TPSA) is 62.7 Å². The smallest absolute Gasteiger partial charge is 0.188 e. The molecule has 5 nitrogen and oxygen atoms in total. The molecule has 2 aromatic heterocycles. The van der Waals surface area contributed by atoms with Crippen LogP contribution in [0.3, 0.4) is 0 Å². The van der Waals surface area contributed by atoms with Gasteiger partial charge < -0.3 is 10.6 Å². The normalized spacial score (nSPS) is 16.9. The van der Waals surface area contributed by atoms with Crippen molar-refractivity contribution in [2.24, 2.45) is 0 Å². The molecule has 1 fully saturated rings. The molecule has 1 atom stereocenters. The van der Waals surface area contributed by atoms with Crippen LogP contribution in [-0.2, 0) is 6.42 Å². The summed E-state index contributed by atoms with van der Waals surface area (Å²) >= 11 is 1.62. The predicted molar refractivity (Wildman–Crippen MR) is 102 cm³/mol. The van der Waals surface area contributed by atoms with Gasteiger partial charge in [-0.3, -0.25) is 4.98 Å². The van der Waals surface area contributed by atoms with Gasteiger partial charge >= 0.3 is 0 Å². The highest BCUT2D eigenvalue weighted by molar-refractivity contribution is 7.18. The molecule has 1 aliphatic rings. The number of hydrogen-bond donors (Lipinski definition) is 2. The minimum Gasteiger partial charge on any atom is -0.315 e. The highest BCUT2D eigenvalue weighted by Crippen LogP contribution is 2.29. The summed E-state index contributed by atoms with van der Waals surface area (Å²) in [5.74, 6) is 0.755. The van der Waals surface area contributed by atoms with Crippen LogP contribution in [0.15, 0.2) is 48.9 Å². The second-order valence-electron chi connectivity index (χ2n) is 6.25. The zero-order valence-corrected chi connectivity index (χ0v) is 14.8. The lowest BCUT2D eigenvalue weighted by atomic mass is 10.1. The minimum atomic E-state index is 0.630. The number of aromatic nitrogens is 3. The number of anilines is 2. The molecule has 0 bridgehead atoms. The highest BCUT2D eigenvalue weighted by atomic mass is 32.1. The molecular weight excluding hydrogens is 330 g/mol. The molecule has 3 aromatic rings. The number of nitrogens with one attached hydrogen (secondary N) is 2. The molecule has 4 rings (SSSR count). The van der Waals surface area contributed by atoms with Gasteiger partial charge in [-0.05, 0) is 37.8 Å². The van der Waals surface area contributed by atoms with Crippen molar-refractivity contribution in [3.63, 3.8) is 0 Å². The third-order valence-corrected chi connectivity index (χ3v) is 5.36. The molecule has 0 saturated carbocycles. The van der Waals surface area contributed by atoms with E-state index in [2.05, 4.69) is 37.7 Å². The van der Waals surface area contributed by atoms with Gasteiger partial charge in [0, 0.05) is 18.4 Å². The SMILES string of the molecule is c1ccc(-c2cnc(Nc3cncc(CC[C@@H]4CCCN4)n3)s2)cc1. The van der Waals surface area contributed by atoms with Gasteiger partial charge in [0.1, 0.15) is 0 Å². The predicted octanol–water partition coefficient (Wildman–Crippen LogP) is 4.03. The van der Waals surface area contributed by atoms with Crippen molar-refractivity contribution in [3.05, 3.63) is 54.6 Å². The van der Waals surface area contributed by atoms with E-state index in [0.29, 0.717) is 6.04 Å². The maximum absolute atomic E-state index is 4.68. The fraction of sp³-hybridized carbons (Fsp3) is 0.316. The Labute approximate surface area is 151 Å². The van der Waals surface area contributed by atoms with Crippen LogP contribution in [-0.4, -0.2) is 27.5 Å². The van der Waals surface area contributed by atoms with Crippen molar-refractivity contribution >= 4 is 22.3 Å². The first kappa shape index (κ1) is 16.2. The van der Waals surface area contributed by atoms with Crippen LogP contribution in [0.4, 0.5) is 10.9 Å². The van der Waals surface area contributed by atoms with Gasteiger partial charge in [-0.15, -0.1) is 0 Å². The zero-order valence-electron chi connectivity index (χ0n) is 14.0. The molecule has 0 radical (unpaired) electrons. The largest absolute Gasteiger partial charge is 0.315 e. The first-order valence-corrected chi connectivity index (χ1v) is 9.51. The average molecular weight is 351 g/mol. The monoisotopic (exact) mass is 351 g/mol. The van der Waals surface area contributed by atoms with Gasteiger partial charge in [0.15, 0.2) is 10.9 Å². The van der Waals surface area contributed by atoms with E-state index >= 15 is 0 Å². The molecule has 1 aromatic carbocycles. The standard InChI is InChI=1S/C19H21N5S/c1-2-5-14(6-3-1)17-12-22-19(25-17)24-18-13-20-11-16(23-18)9-8-15-7-4-10-21-15/h1-3,5-6,11-13,15,21H,4,7-10H2,(H,22,23,24)/t15-/m0/s1. The third-order valence-electron chi connectivity index (χ3n) is 4.39. The van der Waals surface area contributed by atoms with Crippen molar-refractivity contribution in [2.45, 2.75) is 31.7 Å². The lowest BCUT2D eigenvalue weighted by molar-refractivity contribution is 0.555. The minimum absolute atomic E-state index is 0.630. The van der Waals surface area contributed by atoms with Crippen molar-refractivity contribution in [3.8, 4) is 10.4 Å². The molecular formula is C19H21N5S. The molecule has 0 unspecified atom stereocenters. The van der Waals surface area contributed by atoms with Crippen LogP contribution >= 0.6 is 11.3 Å². The van der Waals surface area contributed by atoms with Crippen LogP contribution in [0.1, 0.15) is 25.0 Å². The van der Waals surface area contributed by atoms with Gasteiger partial charge in [-0.1, -0.05) is 41.7 Å². The van der Waals surface area contributed by atoms with Gasteiger partial charge in [0.25, 0.3) is 0 Å². The molecule has 25 heavy (non-hydrogen) atoms. The fourth-order valence-electron chi connectivity index (χ4n) is 3.09. The van der Waals surface area contributed by atoms with E-state index in [1.54, 1.807) is 17.5 Å². The van der Waals surface area contributed by atoms with E-state index in [1.807, 2.05) is 30.6 Å². The van der Waals surface area contributed by atoms with Gasteiger partial charge in [0.2, 0.25) is 0 Å². The molecule has 0 spiro atoms. The summed E-state index contributed by atoms with van der Waals surface area (Å²) in [7, 11) is 0. The lowest BCUT2D eigenvalue weighted by Crippen LogP contribution is -2.21. The maximum atomic E-state index is 4.68. The fourth-order valence-corrected chi connectivity index (χ4v) is 3.92. The summed E-state index contributed by atoms with van der Waals surface area (Å²) in [6, 6.07) is 10.9. The second-order valence-corrected chi connectivity index (χ2v) is 7.28. The van der Waals surface area contributed by atoms with Crippen LogP contribution < -0.4 is 10.6 Å². The zero-order chi connectivity index (χ0) is 16.9. The Morgan fingerprint density at radius 3 is 2.92 bits per heavy atom. The van der Waals surface area contributed by atoms with Crippen molar-refractivity contribution in [1.29, 1.82) is 0 Å². The molecule has 0 amide bonds. The number of rotatable bonds is 6. The first-order chi connectivity index (χ1) is 12.4. The first-order valence-electron chi connectivity index (χ1n) is 8.69. The Morgan fingerprint density at radius 1 is 1.16 bits per heavy atom. The quantitative estimate of drug-likeness (QED) is 0.702. The van der Waals surface area contributed by atoms with E-state index < -0.39 is 0 Å². The van der Waals surface area contributed by atoms with Crippen molar-refractivity contribution in [1.82, 2.24) is 20.3 Å². The van der Waals surface area contributed by atoms with Crippen molar-refractivity contribution in [2.75, 3.05) is 11.9 Å². The number of benzene rings is 1. The maximum Gasteiger partial charge on any atom is 0.188 e. The number of aryl methyl sites for hydroxylation is 1. The Hall–Kier alpha value is -2.31. The van der Waals surface area contributed by atoms with Gasteiger partial charge in [-0.25, -0.2) is 9.97 Å². The van der Waals surface area contributed by atoms with Gasteiger partial charge in [-0.2, -0.15) is 0 Å². The molecule has 128 valence electrons. The summed E-state index contributed by atoms with van der Waals surface area (Å²) < 4.78 is 0. The molecule has 3 heterocycles. The Morgan fingerprint density at radius 2 is 2.08 bits per heavy atom. The summed E-state index contributed by atoms with van der Waals surface area (Å²) in [5, 5.41) is 7.64. The molecule has 2 N–H and O–H groups in total. The molecule has 0 aliphatic carbocycles. The van der Waals surface area contributed by atoms with Crippen LogP contribution in [0.25, 0.3) is 10.4 Å². The molecule has 1 saturated heterocycles. The van der Waals surface area contributed by atoms with E-state index in [0.717, 1.165) is 40.9 Å². The van der Waals surface area contributed by atoms with E-state index in [4.69, 9.17) is 0 Å². The Bertz CT molecular complexity index is 811. The van der Waals surface area contributed by atoms with Gasteiger partial charge in [0.05, 0.1) is 16.8 Å². The molecule has 6 heteroatoms. The summed E-state index contributed by atoms with van der Waals surface area (Å²) in [6.07, 6.45) is 10.1. The Kier molecular flexibility index (Phi) is 4.99. The van der Waals surface area contributed by atoms with E-state index in [1.165, 1.54) is 18.4 Å². The molecule has 1 aliphatic heterocycles. The van der Waals surface area contributed by atoms with Crippen molar-refractivity contribution < 1.29 is 0 Å². The second kappa shape index (κ2) is 7.72. The Balaban J connectivity index is 1.40. The average Bonchev–Trinajstić information content (AvgIpc) is 3.33. The van der Waals surface area contributed by atoms with Crippen LogP contribution in [0.2, 0.25) is 0 Å². The lowest BCUT2D eigenvalue weighted by Gasteiger charge is -2.09. The van der Waals surface area contributed by atoms with Crippen LogP contribution in [0.5, 0.6) is 0 Å².